The van der Waals surface area contributed by atoms with Crippen molar-refractivity contribution in [3.63, 3.8) is 0 Å². The molecule has 1 heterocycles. The van der Waals surface area contributed by atoms with E-state index < -0.39 is 58.6 Å². The van der Waals surface area contributed by atoms with Crippen LogP contribution in [0.25, 0.3) is 0 Å². The molecule has 0 fully saturated rings. The highest BCUT2D eigenvalue weighted by Gasteiger charge is 2.34. The Bertz CT molecular complexity index is 1380. The third-order valence-electron chi connectivity index (χ3n) is 6.15. The number of pyridine rings is 1. The first kappa shape index (κ1) is 31.4. The molecule has 0 spiro atoms. The number of halogens is 6. The number of hydrogen-bond acceptors (Lipinski definition) is 5. The van der Waals surface area contributed by atoms with Crippen LogP contribution in [0.4, 0.5) is 26.3 Å². The summed E-state index contributed by atoms with van der Waals surface area (Å²) in [5.74, 6) is -2.44. The van der Waals surface area contributed by atoms with E-state index in [1.165, 1.54) is 18.2 Å². The number of alkyl halides is 6. The molecule has 0 radical (unpaired) electrons. The summed E-state index contributed by atoms with van der Waals surface area (Å²) in [5, 5.41) is 14.5. The Hall–Kier alpha value is -4.17. The van der Waals surface area contributed by atoms with E-state index >= 15 is 0 Å². The molecule has 0 saturated heterocycles. The van der Waals surface area contributed by atoms with E-state index in [1.54, 1.807) is 0 Å². The lowest BCUT2D eigenvalue weighted by Gasteiger charge is -2.24. The number of nitrogens with two attached hydrogens (primary N) is 1. The Labute approximate surface area is 229 Å². The molecule has 3 rings (SSSR count). The molecule has 8 nitrogen and oxygen atoms in total. The van der Waals surface area contributed by atoms with Gasteiger partial charge in [0.1, 0.15) is 11.6 Å². The summed E-state index contributed by atoms with van der Waals surface area (Å²) in [6.07, 6.45) is -8.14. The van der Waals surface area contributed by atoms with Gasteiger partial charge in [0.15, 0.2) is 0 Å². The van der Waals surface area contributed by atoms with E-state index in [9.17, 15) is 45.8 Å². The Morgan fingerprint density at radius 2 is 1.46 bits per heavy atom. The van der Waals surface area contributed by atoms with E-state index in [1.807, 2.05) is 0 Å². The monoisotopic (exact) mass is 584 g/mol. The number of amides is 1. The first-order chi connectivity index (χ1) is 19.2. The third-order valence-corrected chi connectivity index (χ3v) is 6.15. The predicted molar refractivity (Wildman–Crippen MR) is 136 cm³/mol. The van der Waals surface area contributed by atoms with Crippen LogP contribution in [0.15, 0.2) is 71.7 Å². The van der Waals surface area contributed by atoms with Crippen molar-refractivity contribution in [1.29, 1.82) is 0 Å². The average molecular weight is 585 g/mol. The zero-order chi connectivity index (χ0) is 30.4. The van der Waals surface area contributed by atoms with Gasteiger partial charge in [-0.25, -0.2) is 4.79 Å². The number of aromatic nitrogens is 1. The van der Waals surface area contributed by atoms with Crippen LogP contribution in [0, 0.1) is 0 Å². The summed E-state index contributed by atoms with van der Waals surface area (Å²) in [6, 6.07) is 6.92. The van der Waals surface area contributed by atoms with Crippen molar-refractivity contribution in [2.24, 2.45) is 5.73 Å². The van der Waals surface area contributed by atoms with E-state index in [0.717, 1.165) is 41.1 Å². The van der Waals surface area contributed by atoms with Crippen molar-refractivity contribution in [2.75, 3.05) is 13.2 Å². The summed E-state index contributed by atoms with van der Waals surface area (Å²) in [5.41, 5.74) is 1.17. The first-order valence-corrected chi connectivity index (χ1v) is 12.2. The average Bonchev–Trinajstić information content (AvgIpc) is 2.90. The molecular formula is C27H26F6N4O4. The third kappa shape index (κ3) is 7.95. The Morgan fingerprint density at radius 3 is 1.95 bits per heavy atom. The predicted octanol–water partition coefficient (Wildman–Crippen LogP) is 3.99. The van der Waals surface area contributed by atoms with E-state index in [4.69, 9.17) is 5.73 Å². The maximum absolute atomic E-state index is 13.5. The minimum absolute atomic E-state index is 0.00775. The number of aliphatic carboxylic acids is 1. The van der Waals surface area contributed by atoms with Crippen LogP contribution >= 0.6 is 0 Å². The van der Waals surface area contributed by atoms with Crippen molar-refractivity contribution in [3.05, 3.63) is 105 Å². The van der Waals surface area contributed by atoms with E-state index in [0.29, 0.717) is 25.1 Å². The van der Waals surface area contributed by atoms with Gasteiger partial charge in [0.25, 0.3) is 11.5 Å². The number of benzene rings is 2. The molecule has 0 unspecified atom stereocenters. The molecule has 1 aromatic heterocycles. The van der Waals surface area contributed by atoms with Gasteiger partial charge >= 0.3 is 18.3 Å². The number of carbonyl (C=O) groups is 2. The second-order valence-electron chi connectivity index (χ2n) is 8.99. The maximum atomic E-state index is 13.5. The SMILES string of the molecule is NCNCCC[C@H](NC(=O)c1cccn(C(c2cccc(C(F)(F)F)c2)c2cccc(C(F)(F)F)c2)c1=O)C(=O)O. The Balaban J connectivity index is 2.10. The molecule has 0 aliphatic heterocycles. The molecule has 0 aliphatic carbocycles. The number of carbonyl (C=O) groups excluding carboxylic acids is 1. The van der Waals surface area contributed by atoms with Crippen LogP contribution in [0.1, 0.15) is 51.5 Å². The Kier molecular flexibility index (Phi) is 9.94. The molecule has 1 atom stereocenters. The van der Waals surface area contributed by atoms with Crippen molar-refractivity contribution >= 4 is 11.9 Å². The minimum Gasteiger partial charge on any atom is -0.480 e. The number of carboxylic acids is 1. The second kappa shape index (κ2) is 13.0. The number of carboxylic acid groups (broad SMARTS) is 1. The number of nitrogens with zero attached hydrogens (tertiary/aromatic N) is 1. The molecule has 14 heteroatoms. The van der Waals surface area contributed by atoms with Gasteiger partial charge < -0.3 is 26.0 Å². The van der Waals surface area contributed by atoms with Crippen LogP contribution < -0.4 is 21.9 Å². The molecular weight excluding hydrogens is 558 g/mol. The van der Waals surface area contributed by atoms with Gasteiger partial charge in [-0.3, -0.25) is 9.59 Å². The summed E-state index contributed by atoms with van der Waals surface area (Å²) in [4.78, 5) is 38.1. The van der Waals surface area contributed by atoms with Crippen LogP contribution in [-0.2, 0) is 17.1 Å². The fourth-order valence-corrected chi connectivity index (χ4v) is 4.20. The number of rotatable bonds is 11. The smallest absolute Gasteiger partial charge is 0.416 e. The zero-order valence-corrected chi connectivity index (χ0v) is 21.3. The molecule has 0 saturated carbocycles. The summed E-state index contributed by atoms with van der Waals surface area (Å²) in [7, 11) is 0. The van der Waals surface area contributed by atoms with Gasteiger partial charge in [0.2, 0.25) is 0 Å². The number of hydrogen-bond donors (Lipinski definition) is 4. The molecule has 5 N–H and O–H groups in total. The van der Waals surface area contributed by atoms with Crippen LogP contribution in [-0.4, -0.2) is 40.8 Å². The van der Waals surface area contributed by atoms with Crippen LogP contribution in [0.3, 0.4) is 0 Å². The molecule has 220 valence electrons. The second-order valence-corrected chi connectivity index (χ2v) is 8.99. The summed E-state index contributed by atoms with van der Waals surface area (Å²) in [6.45, 7) is 0.524. The highest BCUT2D eigenvalue weighted by Crippen LogP contribution is 2.36. The van der Waals surface area contributed by atoms with Crippen LogP contribution in [0.2, 0.25) is 0 Å². The van der Waals surface area contributed by atoms with Crippen LogP contribution in [0.5, 0.6) is 0 Å². The van der Waals surface area contributed by atoms with E-state index in [2.05, 4.69) is 10.6 Å². The lowest BCUT2D eigenvalue weighted by atomic mass is 9.95. The summed E-state index contributed by atoms with van der Waals surface area (Å²) < 4.78 is 81.8. The summed E-state index contributed by atoms with van der Waals surface area (Å²) >= 11 is 0. The van der Waals surface area contributed by atoms with Gasteiger partial charge in [-0.1, -0.05) is 24.3 Å². The van der Waals surface area contributed by atoms with Gasteiger partial charge in [0, 0.05) is 12.9 Å². The maximum Gasteiger partial charge on any atom is 0.416 e. The van der Waals surface area contributed by atoms with Crippen molar-refractivity contribution in [3.8, 4) is 0 Å². The van der Waals surface area contributed by atoms with Gasteiger partial charge in [-0.05, 0) is 66.9 Å². The standard InChI is InChI=1S/C27H26F6N4O4/c28-26(29,30)18-7-1-5-16(13-18)22(17-6-2-8-19(14-17)27(31,32)33)37-12-4-9-20(24(37)39)23(38)36-21(25(40)41)10-3-11-35-15-34/h1-2,4-9,12-14,21-22,35H,3,10-11,15,34H2,(H,36,38)(H,40,41)/t21-/m0/s1. The number of nitrogens with one attached hydrogen (secondary N) is 2. The van der Waals surface area contributed by atoms with Crippen molar-refractivity contribution in [1.82, 2.24) is 15.2 Å². The Morgan fingerprint density at radius 1 is 0.902 bits per heavy atom. The first-order valence-electron chi connectivity index (χ1n) is 12.2. The molecule has 1 amide bonds. The molecule has 3 aromatic rings. The topological polar surface area (TPSA) is 126 Å². The minimum atomic E-state index is -4.79. The lowest BCUT2D eigenvalue weighted by Crippen LogP contribution is -2.43. The van der Waals surface area contributed by atoms with Gasteiger partial charge in [0.05, 0.1) is 17.2 Å². The lowest BCUT2D eigenvalue weighted by molar-refractivity contribution is -0.139. The molecule has 0 bridgehead atoms. The fraction of sp³-hybridized carbons (Fsp3) is 0.296. The highest BCUT2D eigenvalue weighted by molar-refractivity contribution is 5.96. The van der Waals surface area contributed by atoms with Gasteiger partial charge in [-0.15, -0.1) is 0 Å². The quantitative estimate of drug-likeness (QED) is 0.153. The van der Waals surface area contributed by atoms with Gasteiger partial charge in [-0.2, -0.15) is 26.3 Å². The highest BCUT2D eigenvalue weighted by atomic mass is 19.4. The largest absolute Gasteiger partial charge is 0.480 e. The van der Waals surface area contributed by atoms with Crippen molar-refractivity contribution < 1.29 is 41.0 Å². The normalized spacial score (nSPS) is 12.8. The zero-order valence-electron chi connectivity index (χ0n) is 21.3. The molecule has 2 aromatic carbocycles. The fourth-order valence-electron chi connectivity index (χ4n) is 4.20. The van der Waals surface area contributed by atoms with E-state index in [-0.39, 0.29) is 24.2 Å². The molecule has 0 aliphatic rings. The van der Waals surface area contributed by atoms with Crippen molar-refractivity contribution in [2.45, 2.75) is 37.3 Å². The molecule has 41 heavy (non-hydrogen) atoms.